The second kappa shape index (κ2) is 16.7. The van der Waals surface area contributed by atoms with Crippen molar-refractivity contribution in [1.82, 2.24) is 0 Å². The Labute approximate surface area is 369 Å². The Morgan fingerprint density at radius 2 is 0.571 bits per heavy atom. The van der Waals surface area contributed by atoms with E-state index in [1.54, 1.807) is 0 Å². The molecule has 0 saturated carbocycles. The molecule has 0 N–H and O–H groups in total. The molecule has 11 aromatic rings. The van der Waals surface area contributed by atoms with Crippen molar-refractivity contribution in [2.75, 3.05) is 4.90 Å². The van der Waals surface area contributed by atoms with Gasteiger partial charge in [-0.15, -0.1) is 0 Å². The summed E-state index contributed by atoms with van der Waals surface area (Å²) < 4.78 is 0. The lowest BCUT2D eigenvalue weighted by atomic mass is 9.85. The third-order valence-corrected chi connectivity index (χ3v) is 12.2. The molecule has 11 aromatic carbocycles. The third kappa shape index (κ3) is 7.26. The minimum absolute atomic E-state index is 1.07. The molecule has 0 saturated heterocycles. The molecule has 63 heavy (non-hydrogen) atoms. The smallest absolute Gasteiger partial charge is 0.0473 e. The van der Waals surface area contributed by atoms with Crippen LogP contribution in [0.1, 0.15) is 0 Å². The molecule has 296 valence electrons. The molecule has 0 radical (unpaired) electrons. The standard InChI is InChI=1S/C62H43N/c1-7-21-44(22-8-1)50-39-51(45-23-9-2-10-24-45)41-54(40-50)63(52-35-37-55(46-25-11-3-12-26-46)59(42-52)47-27-13-4-14-28-47)53-36-38-57-56-33-19-20-34-58(56)61(48-29-15-5-16-30-48)62(60(57)43-53)49-31-17-6-18-32-49/h1-43H. The molecule has 0 aliphatic carbocycles. The quantitative estimate of drug-likeness (QED) is 0.131. The summed E-state index contributed by atoms with van der Waals surface area (Å²) in [4.78, 5) is 2.46. The summed E-state index contributed by atoms with van der Waals surface area (Å²) in [6, 6.07) is 94.8. The lowest BCUT2D eigenvalue weighted by molar-refractivity contribution is 1.29. The first-order valence-electron chi connectivity index (χ1n) is 21.7. The van der Waals surface area contributed by atoms with E-state index >= 15 is 0 Å². The van der Waals surface area contributed by atoms with Gasteiger partial charge in [-0.3, -0.25) is 0 Å². The second-order valence-corrected chi connectivity index (χ2v) is 16.1. The van der Waals surface area contributed by atoms with E-state index in [1.807, 2.05) is 0 Å². The van der Waals surface area contributed by atoms with E-state index in [-0.39, 0.29) is 0 Å². The summed E-state index contributed by atoms with van der Waals surface area (Å²) in [7, 11) is 0. The fourth-order valence-electron chi connectivity index (χ4n) is 9.31. The van der Waals surface area contributed by atoms with Crippen LogP contribution in [-0.2, 0) is 0 Å². The van der Waals surface area contributed by atoms with Gasteiger partial charge >= 0.3 is 0 Å². The molecule has 0 amide bonds. The lowest BCUT2D eigenvalue weighted by Crippen LogP contribution is -2.11. The van der Waals surface area contributed by atoms with Gasteiger partial charge in [-0.25, -0.2) is 0 Å². The SMILES string of the molecule is c1ccc(-c2cc(-c3ccccc3)cc(N(c3ccc(-c4ccccc4)c(-c4ccccc4)c3)c3ccc4c(c3)c(-c3ccccc3)c(-c3ccccc3)c3ccccc34)c2)cc1. The predicted molar refractivity (Wildman–Crippen MR) is 269 cm³/mol. The zero-order valence-electron chi connectivity index (χ0n) is 34.8. The average Bonchev–Trinajstić information content (AvgIpc) is 3.37. The van der Waals surface area contributed by atoms with Crippen molar-refractivity contribution in [3.63, 3.8) is 0 Å². The largest absolute Gasteiger partial charge is 0.310 e. The van der Waals surface area contributed by atoms with Crippen molar-refractivity contribution in [3.8, 4) is 66.8 Å². The second-order valence-electron chi connectivity index (χ2n) is 16.1. The van der Waals surface area contributed by atoms with Crippen LogP contribution >= 0.6 is 0 Å². The van der Waals surface area contributed by atoms with Crippen molar-refractivity contribution < 1.29 is 0 Å². The lowest BCUT2D eigenvalue weighted by Gasteiger charge is -2.29. The minimum atomic E-state index is 1.07. The summed E-state index contributed by atoms with van der Waals surface area (Å²) in [6.45, 7) is 0. The van der Waals surface area contributed by atoms with Gasteiger partial charge in [0.05, 0.1) is 0 Å². The van der Waals surface area contributed by atoms with Gasteiger partial charge in [0, 0.05) is 17.1 Å². The molecule has 1 nitrogen and oxygen atoms in total. The van der Waals surface area contributed by atoms with E-state index < -0.39 is 0 Å². The highest BCUT2D eigenvalue weighted by Gasteiger charge is 2.22. The van der Waals surface area contributed by atoms with Gasteiger partial charge in [0.15, 0.2) is 0 Å². The zero-order chi connectivity index (χ0) is 42.0. The molecular formula is C62H43N. The zero-order valence-corrected chi connectivity index (χ0v) is 34.8. The number of anilines is 3. The van der Waals surface area contributed by atoms with Gasteiger partial charge in [-0.1, -0.05) is 218 Å². The van der Waals surface area contributed by atoms with E-state index in [0.29, 0.717) is 0 Å². The summed E-state index contributed by atoms with van der Waals surface area (Å²) in [5.74, 6) is 0. The third-order valence-electron chi connectivity index (χ3n) is 12.2. The predicted octanol–water partition coefficient (Wildman–Crippen LogP) is 17.5. The van der Waals surface area contributed by atoms with Crippen LogP contribution in [0, 0.1) is 0 Å². The summed E-state index contributed by atoms with van der Waals surface area (Å²) in [5.41, 5.74) is 17.5. The maximum absolute atomic E-state index is 2.46. The maximum atomic E-state index is 2.46. The van der Waals surface area contributed by atoms with Gasteiger partial charge in [0.25, 0.3) is 0 Å². The Balaban J connectivity index is 1.24. The monoisotopic (exact) mass is 801 g/mol. The molecule has 0 aromatic heterocycles. The summed E-state index contributed by atoms with van der Waals surface area (Å²) in [6.07, 6.45) is 0. The topological polar surface area (TPSA) is 3.24 Å². The first-order chi connectivity index (χ1) is 31.3. The Hall–Kier alpha value is -8.26. The minimum Gasteiger partial charge on any atom is -0.310 e. The van der Waals surface area contributed by atoms with Crippen molar-refractivity contribution in [2.24, 2.45) is 0 Å². The van der Waals surface area contributed by atoms with E-state index in [1.165, 1.54) is 77.2 Å². The van der Waals surface area contributed by atoms with Crippen LogP contribution in [0.4, 0.5) is 17.1 Å². The fraction of sp³-hybridized carbons (Fsp3) is 0. The molecule has 0 aliphatic heterocycles. The van der Waals surface area contributed by atoms with Gasteiger partial charge in [0.1, 0.15) is 0 Å². The molecule has 1 heteroatoms. The fourth-order valence-corrected chi connectivity index (χ4v) is 9.31. The van der Waals surface area contributed by atoms with Crippen molar-refractivity contribution in [3.05, 3.63) is 261 Å². The van der Waals surface area contributed by atoms with E-state index in [4.69, 9.17) is 0 Å². The Bertz CT molecular complexity index is 3290. The molecule has 0 atom stereocenters. The van der Waals surface area contributed by atoms with Crippen LogP contribution in [0.5, 0.6) is 0 Å². The van der Waals surface area contributed by atoms with E-state index in [9.17, 15) is 0 Å². The van der Waals surface area contributed by atoms with Gasteiger partial charge in [-0.05, 0) is 131 Å². The Morgan fingerprint density at radius 3 is 1.10 bits per heavy atom. The van der Waals surface area contributed by atoms with Crippen LogP contribution < -0.4 is 4.90 Å². The number of rotatable bonds is 9. The molecule has 0 fully saturated rings. The first kappa shape index (κ1) is 37.7. The normalized spacial score (nSPS) is 11.2. The van der Waals surface area contributed by atoms with E-state index in [0.717, 1.165) is 28.2 Å². The molecule has 0 heterocycles. The van der Waals surface area contributed by atoms with Crippen LogP contribution in [-0.4, -0.2) is 0 Å². The summed E-state index contributed by atoms with van der Waals surface area (Å²) >= 11 is 0. The first-order valence-corrected chi connectivity index (χ1v) is 21.7. The Kier molecular flexibility index (Phi) is 9.97. The van der Waals surface area contributed by atoms with Crippen LogP contribution in [0.25, 0.3) is 88.3 Å². The molecule has 0 bridgehead atoms. The van der Waals surface area contributed by atoms with Gasteiger partial charge in [0.2, 0.25) is 0 Å². The molecule has 11 rings (SSSR count). The number of benzene rings is 11. The van der Waals surface area contributed by atoms with E-state index in [2.05, 4.69) is 266 Å². The van der Waals surface area contributed by atoms with Crippen molar-refractivity contribution in [1.29, 1.82) is 0 Å². The number of fused-ring (bicyclic) bond motifs is 3. The van der Waals surface area contributed by atoms with Crippen molar-refractivity contribution >= 4 is 38.6 Å². The highest BCUT2D eigenvalue weighted by molar-refractivity contribution is 6.22. The molecule has 0 spiro atoms. The molecular weight excluding hydrogens is 759 g/mol. The highest BCUT2D eigenvalue weighted by Crippen LogP contribution is 2.48. The Morgan fingerprint density at radius 1 is 0.190 bits per heavy atom. The van der Waals surface area contributed by atoms with Gasteiger partial charge in [-0.2, -0.15) is 0 Å². The van der Waals surface area contributed by atoms with Crippen LogP contribution in [0.3, 0.4) is 0 Å². The number of nitrogens with zero attached hydrogens (tertiary/aromatic N) is 1. The van der Waals surface area contributed by atoms with Crippen LogP contribution in [0.15, 0.2) is 261 Å². The van der Waals surface area contributed by atoms with Crippen LogP contribution in [0.2, 0.25) is 0 Å². The highest BCUT2D eigenvalue weighted by atomic mass is 15.1. The van der Waals surface area contributed by atoms with Gasteiger partial charge < -0.3 is 4.90 Å². The maximum Gasteiger partial charge on any atom is 0.0473 e. The number of hydrogen-bond donors (Lipinski definition) is 0. The molecule has 0 unspecified atom stereocenters. The molecule has 0 aliphatic rings. The average molecular weight is 802 g/mol. The summed E-state index contributed by atoms with van der Waals surface area (Å²) in [5, 5.41) is 4.90. The van der Waals surface area contributed by atoms with Crippen molar-refractivity contribution in [2.45, 2.75) is 0 Å². The number of hydrogen-bond acceptors (Lipinski definition) is 1.